The third kappa shape index (κ3) is 2.27. The molecule has 0 aromatic heterocycles. The normalized spacial score (nSPS) is 9.27. The number of esters is 1. The number of aliphatic imine (C=N–C) groups is 1. The van der Waals surface area contributed by atoms with Gasteiger partial charge in [-0.2, -0.15) is 4.99 Å². The highest BCUT2D eigenvalue weighted by atomic mass is 19.1. The van der Waals surface area contributed by atoms with Crippen molar-refractivity contribution in [3.05, 3.63) is 29.1 Å². The van der Waals surface area contributed by atoms with Crippen molar-refractivity contribution in [3.63, 3.8) is 0 Å². The Hall–Kier alpha value is -2.00. The van der Waals surface area contributed by atoms with Gasteiger partial charge in [-0.1, -0.05) is 0 Å². The minimum absolute atomic E-state index is 0.00889. The van der Waals surface area contributed by atoms with E-state index in [0.717, 1.165) is 6.07 Å². The zero-order valence-electron chi connectivity index (χ0n) is 8.20. The van der Waals surface area contributed by atoms with Crippen LogP contribution >= 0.6 is 0 Å². The maximum Gasteiger partial charge on any atom is 0.338 e. The first-order chi connectivity index (χ1) is 7.10. The standard InChI is InChI=1S/C10H8FNO3/c1-6-8(11)3-7(10(14)15-2)4-9(6)12-5-13/h3-4H,1-2H3. The molecule has 0 aliphatic rings. The quantitative estimate of drug-likeness (QED) is 0.424. The highest BCUT2D eigenvalue weighted by Gasteiger charge is 2.12. The summed E-state index contributed by atoms with van der Waals surface area (Å²) in [6, 6.07) is 2.31. The molecule has 0 N–H and O–H groups in total. The molecule has 0 spiro atoms. The topological polar surface area (TPSA) is 55.7 Å². The fourth-order valence-electron chi connectivity index (χ4n) is 1.07. The Balaban J connectivity index is 3.35. The Labute approximate surface area is 85.4 Å². The van der Waals surface area contributed by atoms with Gasteiger partial charge in [-0.15, -0.1) is 0 Å². The average molecular weight is 209 g/mol. The second-order valence-electron chi connectivity index (χ2n) is 2.80. The molecule has 1 aromatic rings. The van der Waals surface area contributed by atoms with Crippen molar-refractivity contribution in [1.29, 1.82) is 0 Å². The van der Waals surface area contributed by atoms with E-state index in [2.05, 4.69) is 9.73 Å². The Morgan fingerprint density at radius 1 is 1.53 bits per heavy atom. The van der Waals surface area contributed by atoms with Crippen molar-refractivity contribution in [2.45, 2.75) is 6.92 Å². The van der Waals surface area contributed by atoms with Crippen LogP contribution in [-0.4, -0.2) is 19.2 Å². The number of carbonyl (C=O) groups excluding carboxylic acids is 2. The Morgan fingerprint density at radius 3 is 2.73 bits per heavy atom. The summed E-state index contributed by atoms with van der Waals surface area (Å²) in [7, 11) is 1.18. The molecule has 1 rings (SSSR count). The van der Waals surface area contributed by atoms with Crippen LogP contribution in [0.15, 0.2) is 17.1 Å². The van der Waals surface area contributed by atoms with Crippen molar-refractivity contribution >= 4 is 17.7 Å². The highest BCUT2D eigenvalue weighted by molar-refractivity contribution is 5.90. The van der Waals surface area contributed by atoms with Gasteiger partial charge in [0, 0.05) is 5.56 Å². The van der Waals surface area contributed by atoms with Gasteiger partial charge in [0.1, 0.15) is 5.82 Å². The second-order valence-corrected chi connectivity index (χ2v) is 2.80. The summed E-state index contributed by atoms with van der Waals surface area (Å²) in [5, 5.41) is 0. The first-order valence-electron chi connectivity index (χ1n) is 4.06. The fourth-order valence-corrected chi connectivity index (χ4v) is 1.07. The van der Waals surface area contributed by atoms with Crippen molar-refractivity contribution in [3.8, 4) is 0 Å². The molecule has 0 radical (unpaired) electrons. The van der Waals surface area contributed by atoms with Gasteiger partial charge in [-0.05, 0) is 19.1 Å². The lowest BCUT2D eigenvalue weighted by Gasteiger charge is -2.03. The minimum Gasteiger partial charge on any atom is -0.465 e. The van der Waals surface area contributed by atoms with Crippen LogP contribution < -0.4 is 0 Å². The van der Waals surface area contributed by atoms with Crippen LogP contribution in [0, 0.1) is 12.7 Å². The molecule has 5 heteroatoms. The molecule has 0 atom stereocenters. The number of rotatable bonds is 2. The number of hydrogen-bond donors (Lipinski definition) is 0. The van der Waals surface area contributed by atoms with E-state index in [1.165, 1.54) is 26.2 Å². The first kappa shape index (κ1) is 11.1. The van der Waals surface area contributed by atoms with E-state index in [9.17, 15) is 14.0 Å². The number of ether oxygens (including phenoxy) is 1. The van der Waals surface area contributed by atoms with Gasteiger partial charge in [-0.25, -0.2) is 14.0 Å². The minimum atomic E-state index is -0.684. The Bertz CT molecular complexity index is 450. The van der Waals surface area contributed by atoms with E-state index >= 15 is 0 Å². The fraction of sp³-hybridized carbons (Fsp3) is 0.200. The van der Waals surface area contributed by atoms with Crippen molar-refractivity contribution in [2.75, 3.05) is 7.11 Å². The van der Waals surface area contributed by atoms with Crippen LogP contribution in [0.25, 0.3) is 0 Å². The molecule has 0 heterocycles. The van der Waals surface area contributed by atoms with Gasteiger partial charge >= 0.3 is 5.97 Å². The number of isocyanates is 1. The Kier molecular flexibility index (Phi) is 3.31. The number of halogens is 1. The van der Waals surface area contributed by atoms with Gasteiger partial charge in [0.15, 0.2) is 0 Å². The number of nitrogens with zero attached hydrogens (tertiary/aromatic N) is 1. The van der Waals surface area contributed by atoms with Gasteiger partial charge in [0.25, 0.3) is 0 Å². The van der Waals surface area contributed by atoms with E-state index in [1.54, 1.807) is 0 Å². The van der Waals surface area contributed by atoms with Crippen LogP contribution in [-0.2, 0) is 9.53 Å². The van der Waals surface area contributed by atoms with Gasteiger partial charge in [-0.3, -0.25) is 0 Å². The number of methoxy groups -OCH3 is 1. The van der Waals surface area contributed by atoms with Crippen molar-refractivity contribution < 1.29 is 18.7 Å². The van der Waals surface area contributed by atoms with E-state index < -0.39 is 11.8 Å². The molecule has 0 unspecified atom stereocenters. The smallest absolute Gasteiger partial charge is 0.338 e. The molecule has 4 nitrogen and oxygen atoms in total. The van der Waals surface area contributed by atoms with E-state index in [1.807, 2.05) is 0 Å². The molecule has 1 aromatic carbocycles. The lowest BCUT2D eigenvalue weighted by Crippen LogP contribution is -2.02. The molecule has 0 aliphatic heterocycles. The molecular formula is C10H8FNO3. The summed E-state index contributed by atoms with van der Waals surface area (Å²) in [6.07, 6.45) is 1.29. The maximum atomic E-state index is 13.3. The van der Waals surface area contributed by atoms with Crippen LogP contribution in [0.1, 0.15) is 15.9 Å². The summed E-state index contributed by atoms with van der Waals surface area (Å²) in [4.78, 5) is 24.5. The van der Waals surface area contributed by atoms with E-state index in [0.29, 0.717) is 0 Å². The van der Waals surface area contributed by atoms with Crippen LogP contribution in [0.5, 0.6) is 0 Å². The SMILES string of the molecule is COC(=O)c1cc(F)c(C)c(N=C=O)c1. The zero-order valence-corrected chi connectivity index (χ0v) is 8.20. The number of hydrogen-bond acceptors (Lipinski definition) is 4. The largest absolute Gasteiger partial charge is 0.465 e. The maximum absolute atomic E-state index is 13.3. The van der Waals surface area contributed by atoms with E-state index in [-0.39, 0.29) is 16.8 Å². The third-order valence-corrected chi connectivity index (χ3v) is 1.90. The van der Waals surface area contributed by atoms with Gasteiger partial charge < -0.3 is 4.74 Å². The summed E-state index contributed by atoms with van der Waals surface area (Å²) >= 11 is 0. The summed E-state index contributed by atoms with van der Waals surface area (Å²) in [5.74, 6) is -1.30. The van der Waals surface area contributed by atoms with Crippen LogP contribution in [0.4, 0.5) is 10.1 Å². The molecule has 15 heavy (non-hydrogen) atoms. The van der Waals surface area contributed by atoms with Crippen LogP contribution in [0.2, 0.25) is 0 Å². The Morgan fingerprint density at radius 2 is 2.20 bits per heavy atom. The average Bonchev–Trinajstić information content (AvgIpc) is 2.23. The molecular weight excluding hydrogens is 201 g/mol. The molecule has 0 saturated heterocycles. The number of carbonyl (C=O) groups is 1. The van der Waals surface area contributed by atoms with Gasteiger partial charge in [0.05, 0.1) is 18.4 Å². The van der Waals surface area contributed by atoms with Crippen molar-refractivity contribution in [1.82, 2.24) is 0 Å². The third-order valence-electron chi connectivity index (χ3n) is 1.90. The molecule has 0 amide bonds. The lowest BCUT2D eigenvalue weighted by molar-refractivity contribution is 0.0600. The first-order valence-corrected chi connectivity index (χ1v) is 4.06. The summed E-state index contributed by atoms with van der Waals surface area (Å²) in [5.41, 5.74) is 0.269. The molecule has 0 saturated carbocycles. The predicted molar refractivity (Wildman–Crippen MR) is 50.3 cm³/mol. The van der Waals surface area contributed by atoms with Crippen molar-refractivity contribution in [2.24, 2.45) is 4.99 Å². The van der Waals surface area contributed by atoms with Gasteiger partial charge in [0.2, 0.25) is 6.08 Å². The lowest BCUT2D eigenvalue weighted by atomic mass is 10.1. The molecule has 0 fully saturated rings. The zero-order chi connectivity index (χ0) is 11.4. The number of benzene rings is 1. The molecule has 78 valence electrons. The van der Waals surface area contributed by atoms with E-state index in [4.69, 9.17) is 0 Å². The molecule has 0 bridgehead atoms. The van der Waals surface area contributed by atoms with Crippen LogP contribution in [0.3, 0.4) is 0 Å². The predicted octanol–water partition coefficient (Wildman–Crippen LogP) is 1.89. The molecule has 0 aliphatic carbocycles. The second kappa shape index (κ2) is 4.48. The highest BCUT2D eigenvalue weighted by Crippen LogP contribution is 2.23. The summed E-state index contributed by atoms with van der Waals surface area (Å²) < 4.78 is 17.7. The monoisotopic (exact) mass is 209 g/mol. The summed E-state index contributed by atoms with van der Waals surface area (Å²) in [6.45, 7) is 1.45.